The smallest absolute Gasteiger partial charge is 0.150 e. The highest BCUT2D eigenvalue weighted by molar-refractivity contribution is 7.13. The lowest BCUT2D eigenvalue weighted by Gasteiger charge is -2.03. The third-order valence-corrected chi connectivity index (χ3v) is 3.31. The van der Waals surface area contributed by atoms with E-state index in [9.17, 15) is 0 Å². The van der Waals surface area contributed by atoms with Crippen LogP contribution in [0.2, 0.25) is 0 Å². The molecule has 3 rings (SSSR count). The van der Waals surface area contributed by atoms with Gasteiger partial charge in [0.05, 0.1) is 11.4 Å². The van der Waals surface area contributed by atoms with Crippen LogP contribution >= 0.6 is 11.3 Å². The molecule has 0 saturated heterocycles. The quantitative estimate of drug-likeness (QED) is 0.706. The van der Waals surface area contributed by atoms with E-state index in [-0.39, 0.29) is 0 Å². The molecule has 0 atom stereocenters. The van der Waals surface area contributed by atoms with Crippen molar-refractivity contribution in [3.05, 3.63) is 41.8 Å². The standard InChI is InChI=1S/C11H11N5S/c1-15-7-9(13-14-15)8-16-5-4-12-11(16)10-3-2-6-17-10/h2-7H,8H2,1H3. The fourth-order valence-electron chi connectivity index (χ4n) is 1.71. The average Bonchev–Trinajstić information content (AvgIpc) is 3.00. The molecule has 0 aliphatic heterocycles. The predicted molar refractivity (Wildman–Crippen MR) is 65.6 cm³/mol. The number of imidazole rings is 1. The zero-order chi connectivity index (χ0) is 11.7. The second-order valence-electron chi connectivity index (χ2n) is 3.74. The van der Waals surface area contributed by atoms with Gasteiger partial charge in [0.1, 0.15) is 11.5 Å². The number of aryl methyl sites for hydroxylation is 1. The van der Waals surface area contributed by atoms with Crippen LogP contribution in [0.1, 0.15) is 5.69 Å². The Labute approximate surface area is 102 Å². The van der Waals surface area contributed by atoms with Crippen molar-refractivity contribution < 1.29 is 0 Å². The van der Waals surface area contributed by atoms with Crippen molar-refractivity contribution >= 4 is 11.3 Å². The number of aromatic nitrogens is 5. The summed E-state index contributed by atoms with van der Waals surface area (Å²) in [5.41, 5.74) is 0.934. The summed E-state index contributed by atoms with van der Waals surface area (Å²) in [5, 5.41) is 10.1. The number of thiophene rings is 1. The molecule has 0 saturated carbocycles. The van der Waals surface area contributed by atoms with Crippen LogP contribution < -0.4 is 0 Å². The first-order valence-corrected chi connectivity index (χ1v) is 6.11. The molecular formula is C11H11N5S. The van der Waals surface area contributed by atoms with Gasteiger partial charge in [-0.2, -0.15) is 0 Å². The van der Waals surface area contributed by atoms with Gasteiger partial charge in [-0.3, -0.25) is 4.68 Å². The topological polar surface area (TPSA) is 48.5 Å². The summed E-state index contributed by atoms with van der Waals surface area (Å²) in [6.07, 6.45) is 5.69. The average molecular weight is 245 g/mol. The van der Waals surface area contributed by atoms with Crippen LogP contribution in [-0.4, -0.2) is 24.5 Å². The van der Waals surface area contributed by atoms with Crippen molar-refractivity contribution in [3.63, 3.8) is 0 Å². The van der Waals surface area contributed by atoms with Crippen molar-refractivity contribution in [2.45, 2.75) is 6.54 Å². The van der Waals surface area contributed by atoms with E-state index in [0.29, 0.717) is 6.54 Å². The normalized spacial score (nSPS) is 10.9. The Bertz CT molecular complexity index is 607. The predicted octanol–water partition coefficient (Wildman–Crippen LogP) is 1.79. The third-order valence-electron chi connectivity index (χ3n) is 2.44. The van der Waals surface area contributed by atoms with Crippen molar-refractivity contribution in [1.82, 2.24) is 24.5 Å². The molecule has 3 aromatic heterocycles. The molecule has 0 radical (unpaired) electrons. The van der Waals surface area contributed by atoms with E-state index in [1.165, 1.54) is 4.88 Å². The summed E-state index contributed by atoms with van der Waals surface area (Å²) < 4.78 is 3.78. The summed E-state index contributed by atoms with van der Waals surface area (Å²) in [6, 6.07) is 4.10. The van der Waals surface area contributed by atoms with E-state index in [4.69, 9.17) is 0 Å². The molecule has 0 bridgehead atoms. The maximum absolute atomic E-state index is 4.38. The lowest BCUT2D eigenvalue weighted by Crippen LogP contribution is -2.00. The van der Waals surface area contributed by atoms with Crippen LogP contribution in [0, 0.1) is 0 Å². The Kier molecular flexibility index (Phi) is 2.49. The first-order valence-electron chi connectivity index (χ1n) is 5.23. The highest BCUT2D eigenvalue weighted by atomic mass is 32.1. The van der Waals surface area contributed by atoms with E-state index in [0.717, 1.165) is 11.5 Å². The van der Waals surface area contributed by atoms with Crippen LogP contribution in [0.15, 0.2) is 36.1 Å². The zero-order valence-corrected chi connectivity index (χ0v) is 10.1. The molecule has 0 aromatic carbocycles. The van der Waals surface area contributed by atoms with Gasteiger partial charge in [0.25, 0.3) is 0 Å². The summed E-state index contributed by atoms with van der Waals surface area (Å²) in [7, 11) is 1.87. The molecule has 6 heteroatoms. The number of hydrogen-bond acceptors (Lipinski definition) is 4. The monoisotopic (exact) mass is 245 g/mol. The van der Waals surface area contributed by atoms with Gasteiger partial charge >= 0.3 is 0 Å². The molecule has 0 spiro atoms. The van der Waals surface area contributed by atoms with E-state index < -0.39 is 0 Å². The second kappa shape index (κ2) is 4.14. The highest BCUT2D eigenvalue weighted by Gasteiger charge is 2.08. The van der Waals surface area contributed by atoms with Crippen LogP contribution in [-0.2, 0) is 13.6 Å². The molecule has 5 nitrogen and oxygen atoms in total. The lowest BCUT2D eigenvalue weighted by molar-refractivity contribution is 0.710. The van der Waals surface area contributed by atoms with Gasteiger partial charge in [-0.05, 0) is 11.4 Å². The Hall–Kier alpha value is -1.95. The van der Waals surface area contributed by atoms with E-state index in [2.05, 4.69) is 31.3 Å². The minimum Gasteiger partial charge on any atom is -0.324 e. The fourth-order valence-corrected chi connectivity index (χ4v) is 2.45. The first-order chi connectivity index (χ1) is 8.33. The Morgan fingerprint density at radius 2 is 2.35 bits per heavy atom. The third kappa shape index (κ3) is 1.99. The van der Waals surface area contributed by atoms with Crippen molar-refractivity contribution in [2.75, 3.05) is 0 Å². The number of nitrogens with zero attached hydrogens (tertiary/aromatic N) is 5. The van der Waals surface area contributed by atoms with Gasteiger partial charge in [-0.25, -0.2) is 4.98 Å². The maximum atomic E-state index is 4.38. The molecule has 0 amide bonds. The number of rotatable bonds is 3. The van der Waals surface area contributed by atoms with Gasteiger partial charge in [0.15, 0.2) is 0 Å². The second-order valence-corrected chi connectivity index (χ2v) is 4.69. The SMILES string of the molecule is Cn1cc(Cn2ccnc2-c2cccs2)nn1. The Morgan fingerprint density at radius 3 is 3.06 bits per heavy atom. The Balaban J connectivity index is 1.92. The minimum absolute atomic E-state index is 0.696. The first kappa shape index (κ1) is 10.2. The van der Waals surface area contributed by atoms with Crippen molar-refractivity contribution in [1.29, 1.82) is 0 Å². The fraction of sp³-hybridized carbons (Fsp3) is 0.182. The lowest BCUT2D eigenvalue weighted by atomic mass is 10.4. The molecular weight excluding hydrogens is 234 g/mol. The van der Waals surface area contributed by atoms with E-state index >= 15 is 0 Å². The summed E-state index contributed by atoms with van der Waals surface area (Å²) in [4.78, 5) is 5.55. The van der Waals surface area contributed by atoms with Crippen LogP contribution in [0.3, 0.4) is 0 Å². The van der Waals surface area contributed by atoms with Crippen LogP contribution in [0.25, 0.3) is 10.7 Å². The molecule has 0 aliphatic rings. The van der Waals surface area contributed by atoms with E-state index in [1.54, 1.807) is 16.0 Å². The molecule has 0 N–H and O–H groups in total. The summed E-state index contributed by atoms with van der Waals surface area (Å²) >= 11 is 1.69. The van der Waals surface area contributed by atoms with Gasteiger partial charge in [0, 0.05) is 25.6 Å². The molecule has 0 aliphatic carbocycles. The molecule has 0 unspecified atom stereocenters. The summed E-state index contributed by atoms with van der Waals surface area (Å²) in [6.45, 7) is 0.696. The van der Waals surface area contributed by atoms with Gasteiger partial charge < -0.3 is 4.57 Å². The molecule has 17 heavy (non-hydrogen) atoms. The van der Waals surface area contributed by atoms with Gasteiger partial charge in [0.2, 0.25) is 0 Å². The molecule has 3 aromatic rings. The van der Waals surface area contributed by atoms with E-state index in [1.807, 2.05) is 31.7 Å². The highest BCUT2D eigenvalue weighted by Crippen LogP contribution is 2.23. The maximum Gasteiger partial charge on any atom is 0.150 e. The number of hydrogen-bond donors (Lipinski definition) is 0. The van der Waals surface area contributed by atoms with Crippen molar-refractivity contribution in [3.8, 4) is 10.7 Å². The zero-order valence-electron chi connectivity index (χ0n) is 9.32. The molecule has 0 fully saturated rings. The van der Waals surface area contributed by atoms with Crippen molar-refractivity contribution in [2.24, 2.45) is 7.05 Å². The molecule has 3 heterocycles. The Morgan fingerprint density at radius 1 is 1.41 bits per heavy atom. The van der Waals surface area contributed by atoms with Crippen LogP contribution in [0.5, 0.6) is 0 Å². The van der Waals surface area contributed by atoms with Gasteiger partial charge in [-0.15, -0.1) is 16.4 Å². The van der Waals surface area contributed by atoms with Gasteiger partial charge in [-0.1, -0.05) is 11.3 Å². The largest absolute Gasteiger partial charge is 0.324 e. The van der Waals surface area contributed by atoms with Crippen LogP contribution in [0.4, 0.5) is 0 Å². The minimum atomic E-state index is 0.696. The molecule has 86 valence electrons. The summed E-state index contributed by atoms with van der Waals surface area (Å²) in [5.74, 6) is 0.977.